The predicted molar refractivity (Wildman–Crippen MR) is 69.8 cm³/mol. The van der Waals surface area contributed by atoms with Crippen molar-refractivity contribution in [2.45, 2.75) is 26.2 Å². The molecule has 0 fully saturated rings. The highest BCUT2D eigenvalue weighted by atomic mass is 14.9. The molecule has 0 bridgehead atoms. The first-order valence-electron chi connectivity index (χ1n) is 5.92. The van der Waals surface area contributed by atoms with Crippen molar-refractivity contribution in [3.8, 4) is 0 Å². The third kappa shape index (κ3) is 1.74. The van der Waals surface area contributed by atoms with E-state index in [0.717, 1.165) is 6.42 Å². The first kappa shape index (κ1) is 11.2. The monoisotopic (exact) mass is 216 g/mol. The zero-order valence-electron chi connectivity index (χ0n) is 10.3. The van der Waals surface area contributed by atoms with Crippen LogP contribution in [0, 0.1) is 0 Å². The van der Waals surface area contributed by atoms with E-state index in [4.69, 9.17) is 5.73 Å². The number of hydrogen-bond acceptors (Lipinski definition) is 1. The Morgan fingerprint density at radius 3 is 2.69 bits per heavy atom. The molecule has 0 amide bonds. The van der Waals surface area contributed by atoms with Gasteiger partial charge in [-0.25, -0.2) is 0 Å². The lowest BCUT2D eigenvalue weighted by molar-refractivity contribution is 0.827. The Morgan fingerprint density at radius 1 is 1.31 bits per heavy atom. The highest BCUT2D eigenvalue weighted by Gasteiger charge is 2.10. The van der Waals surface area contributed by atoms with Gasteiger partial charge in [-0.2, -0.15) is 0 Å². The average Bonchev–Trinajstić information content (AvgIpc) is 2.57. The van der Waals surface area contributed by atoms with E-state index >= 15 is 0 Å². The molecule has 1 aromatic carbocycles. The maximum Gasteiger partial charge on any atom is 0.0482 e. The molecule has 2 heteroatoms. The van der Waals surface area contributed by atoms with E-state index in [1.165, 1.54) is 22.2 Å². The van der Waals surface area contributed by atoms with Crippen LogP contribution in [0.1, 0.15) is 31.0 Å². The Balaban J connectivity index is 2.65. The van der Waals surface area contributed by atoms with E-state index in [1.807, 2.05) is 0 Å². The molecule has 0 spiro atoms. The summed E-state index contributed by atoms with van der Waals surface area (Å²) in [5, 5.41) is 1.38. The first-order valence-corrected chi connectivity index (χ1v) is 5.92. The molecule has 0 unspecified atom stereocenters. The van der Waals surface area contributed by atoms with Crippen molar-refractivity contribution in [3.05, 3.63) is 35.5 Å². The molecule has 1 heterocycles. The molecule has 0 saturated heterocycles. The number of fused-ring (bicyclic) bond motifs is 1. The van der Waals surface area contributed by atoms with Gasteiger partial charge < -0.3 is 10.3 Å². The zero-order valence-corrected chi connectivity index (χ0v) is 10.3. The minimum atomic E-state index is 0.567. The van der Waals surface area contributed by atoms with Gasteiger partial charge in [0.1, 0.15) is 0 Å². The summed E-state index contributed by atoms with van der Waals surface area (Å²) in [7, 11) is 2.12. The summed E-state index contributed by atoms with van der Waals surface area (Å²) in [5.41, 5.74) is 9.70. The molecule has 0 aliphatic heterocycles. The lowest BCUT2D eigenvalue weighted by Gasteiger charge is -2.07. The average molecular weight is 216 g/mol. The maximum absolute atomic E-state index is 5.64. The van der Waals surface area contributed by atoms with Crippen LogP contribution in [-0.4, -0.2) is 11.1 Å². The van der Waals surface area contributed by atoms with E-state index in [1.54, 1.807) is 0 Å². The molecule has 0 saturated carbocycles. The normalized spacial score (nSPS) is 11.6. The van der Waals surface area contributed by atoms with Gasteiger partial charge in [0.2, 0.25) is 0 Å². The van der Waals surface area contributed by atoms with Gasteiger partial charge >= 0.3 is 0 Å². The topological polar surface area (TPSA) is 30.9 Å². The number of benzene rings is 1. The van der Waals surface area contributed by atoms with Gasteiger partial charge in [0.25, 0.3) is 0 Å². The van der Waals surface area contributed by atoms with E-state index in [2.05, 4.69) is 49.7 Å². The molecular formula is C14H20N2. The molecule has 2 aromatic rings. The minimum absolute atomic E-state index is 0.567. The SMILES string of the molecule is CC(C)c1cccc2c1cc(CCN)n2C. The number of hydrogen-bond donors (Lipinski definition) is 1. The Bertz CT molecular complexity index is 495. The molecule has 0 aliphatic rings. The van der Waals surface area contributed by atoms with E-state index in [9.17, 15) is 0 Å². The van der Waals surface area contributed by atoms with E-state index in [-0.39, 0.29) is 0 Å². The Hall–Kier alpha value is -1.28. The largest absolute Gasteiger partial charge is 0.348 e. The summed E-state index contributed by atoms with van der Waals surface area (Å²) in [6, 6.07) is 8.84. The quantitative estimate of drug-likeness (QED) is 0.840. The standard InChI is InChI=1S/C14H20N2/c1-10(2)12-5-4-6-14-13(12)9-11(7-8-15)16(14)3/h4-6,9-10H,7-8,15H2,1-3H3. The lowest BCUT2D eigenvalue weighted by Crippen LogP contribution is -2.06. The maximum atomic E-state index is 5.64. The molecule has 0 atom stereocenters. The lowest BCUT2D eigenvalue weighted by atomic mass is 9.99. The molecule has 0 radical (unpaired) electrons. The highest BCUT2D eigenvalue weighted by Crippen LogP contribution is 2.27. The Labute approximate surface area is 97.1 Å². The summed E-state index contributed by atoms with van der Waals surface area (Å²) < 4.78 is 2.26. The van der Waals surface area contributed by atoms with E-state index in [0.29, 0.717) is 12.5 Å². The number of rotatable bonds is 3. The Kier molecular flexibility index (Phi) is 3.01. The van der Waals surface area contributed by atoms with Crippen molar-refractivity contribution in [3.63, 3.8) is 0 Å². The van der Waals surface area contributed by atoms with Crippen LogP contribution >= 0.6 is 0 Å². The third-order valence-corrected chi connectivity index (χ3v) is 3.24. The fraction of sp³-hybridized carbons (Fsp3) is 0.429. The van der Waals surface area contributed by atoms with Crippen molar-refractivity contribution in [1.29, 1.82) is 0 Å². The van der Waals surface area contributed by atoms with Crippen molar-refractivity contribution in [2.75, 3.05) is 6.54 Å². The minimum Gasteiger partial charge on any atom is -0.348 e. The summed E-state index contributed by atoms with van der Waals surface area (Å²) in [5.74, 6) is 0.567. The van der Waals surface area contributed by atoms with Gasteiger partial charge in [-0.1, -0.05) is 26.0 Å². The van der Waals surface area contributed by atoms with Gasteiger partial charge in [0.05, 0.1) is 0 Å². The molecule has 2 rings (SSSR count). The van der Waals surface area contributed by atoms with Crippen LogP contribution in [0.3, 0.4) is 0 Å². The van der Waals surface area contributed by atoms with Crippen LogP contribution in [0.4, 0.5) is 0 Å². The second-order valence-corrected chi connectivity index (χ2v) is 4.67. The van der Waals surface area contributed by atoms with Crippen molar-refractivity contribution >= 4 is 10.9 Å². The first-order chi connectivity index (χ1) is 7.65. The predicted octanol–water partition coefficient (Wildman–Crippen LogP) is 2.80. The summed E-state index contributed by atoms with van der Waals surface area (Å²) in [6.45, 7) is 5.19. The van der Waals surface area contributed by atoms with Gasteiger partial charge in [-0.3, -0.25) is 0 Å². The molecule has 16 heavy (non-hydrogen) atoms. The molecule has 2 N–H and O–H groups in total. The molecular weight excluding hydrogens is 196 g/mol. The van der Waals surface area contributed by atoms with Crippen LogP contribution in [-0.2, 0) is 13.5 Å². The fourth-order valence-electron chi connectivity index (χ4n) is 2.33. The highest BCUT2D eigenvalue weighted by molar-refractivity contribution is 5.85. The molecule has 2 nitrogen and oxygen atoms in total. The molecule has 0 aliphatic carbocycles. The van der Waals surface area contributed by atoms with Gasteiger partial charge in [0, 0.05) is 23.6 Å². The third-order valence-electron chi connectivity index (χ3n) is 3.24. The zero-order chi connectivity index (χ0) is 11.7. The smallest absolute Gasteiger partial charge is 0.0482 e. The van der Waals surface area contributed by atoms with Crippen LogP contribution in [0.5, 0.6) is 0 Å². The van der Waals surface area contributed by atoms with Crippen LogP contribution < -0.4 is 5.73 Å². The number of aryl methyl sites for hydroxylation is 1. The second kappa shape index (κ2) is 4.30. The summed E-state index contributed by atoms with van der Waals surface area (Å²) >= 11 is 0. The van der Waals surface area contributed by atoms with Crippen LogP contribution in [0.15, 0.2) is 24.3 Å². The second-order valence-electron chi connectivity index (χ2n) is 4.67. The molecule has 86 valence electrons. The summed E-state index contributed by atoms with van der Waals surface area (Å²) in [6.07, 6.45) is 0.947. The molecule has 1 aromatic heterocycles. The van der Waals surface area contributed by atoms with Gasteiger partial charge in [-0.15, -0.1) is 0 Å². The van der Waals surface area contributed by atoms with Crippen molar-refractivity contribution < 1.29 is 0 Å². The Morgan fingerprint density at radius 2 is 2.06 bits per heavy atom. The van der Waals surface area contributed by atoms with Gasteiger partial charge in [-0.05, 0) is 36.6 Å². The van der Waals surface area contributed by atoms with Crippen molar-refractivity contribution in [1.82, 2.24) is 4.57 Å². The van der Waals surface area contributed by atoms with Crippen LogP contribution in [0.25, 0.3) is 10.9 Å². The van der Waals surface area contributed by atoms with E-state index < -0.39 is 0 Å². The van der Waals surface area contributed by atoms with Crippen molar-refractivity contribution in [2.24, 2.45) is 12.8 Å². The number of nitrogens with two attached hydrogens (primary N) is 1. The number of nitrogens with zero attached hydrogens (tertiary/aromatic N) is 1. The van der Waals surface area contributed by atoms with Crippen LogP contribution in [0.2, 0.25) is 0 Å². The fourth-order valence-corrected chi connectivity index (χ4v) is 2.33. The van der Waals surface area contributed by atoms with Gasteiger partial charge in [0.15, 0.2) is 0 Å². The number of aromatic nitrogens is 1. The summed E-state index contributed by atoms with van der Waals surface area (Å²) in [4.78, 5) is 0.